The van der Waals surface area contributed by atoms with Gasteiger partial charge in [0.25, 0.3) is 0 Å². The van der Waals surface area contributed by atoms with Crippen molar-refractivity contribution >= 4 is 5.97 Å². The highest BCUT2D eigenvalue weighted by molar-refractivity contribution is 5.72. The van der Waals surface area contributed by atoms with Crippen LogP contribution in [0.5, 0.6) is 0 Å². The first-order chi connectivity index (χ1) is 7.25. The molecule has 1 heterocycles. The maximum Gasteiger partial charge on any atom is 0.309 e. The van der Waals surface area contributed by atoms with Crippen LogP contribution in [0.15, 0.2) is 0 Å². The quantitative estimate of drug-likeness (QED) is 0.705. The highest BCUT2D eigenvalue weighted by atomic mass is 16.6. The number of hydrogen-bond acceptors (Lipinski definition) is 4. The smallest absolute Gasteiger partial charge is 0.309 e. The highest BCUT2D eigenvalue weighted by Crippen LogP contribution is 2.25. The average Bonchev–Trinajstić information content (AvgIpc) is 2.84. The van der Waals surface area contributed by atoms with Crippen molar-refractivity contribution in [2.24, 2.45) is 11.7 Å². The summed E-state index contributed by atoms with van der Waals surface area (Å²) in [7, 11) is 0. The minimum absolute atomic E-state index is 0.0291. The van der Waals surface area contributed by atoms with Crippen molar-refractivity contribution in [3.05, 3.63) is 0 Å². The third kappa shape index (κ3) is 2.92. The van der Waals surface area contributed by atoms with E-state index in [1.165, 1.54) is 0 Å². The molecule has 1 aliphatic heterocycles. The summed E-state index contributed by atoms with van der Waals surface area (Å²) in [6.07, 6.45) is 4.83. The Balaban J connectivity index is 1.67. The molecular formula is C11H19NO3. The molecule has 0 spiro atoms. The summed E-state index contributed by atoms with van der Waals surface area (Å²) < 4.78 is 10.6. The Labute approximate surface area is 90.1 Å². The van der Waals surface area contributed by atoms with Crippen LogP contribution in [0.1, 0.15) is 32.1 Å². The maximum atomic E-state index is 11.6. The summed E-state index contributed by atoms with van der Waals surface area (Å²) in [6.45, 7) is 1.22. The molecule has 4 heteroatoms. The zero-order chi connectivity index (χ0) is 10.7. The molecule has 1 saturated heterocycles. The zero-order valence-corrected chi connectivity index (χ0v) is 8.98. The van der Waals surface area contributed by atoms with E-state index in [1.54, 1.807) is 0 Å². The van der Waals surface area contributed by atoms with Crippen molar-refractivity contribution in [2.75, 3.05) is 13.2 Å². The second kappa shape index (κ2) is 4.94. The molecule has 2 rings (SSSR count). The maximum absolute atomic E-state index is 11.6. The summed E-state index contributed by atoms with van der Waals surface area (Å²) in [4.78, 5) is 11.6. The van der Waals surface area contributed by atoms with E-state index >= 15 is 0 Å². The monoisotopic (exact) mass is 213 g/mol. The molecule has 1 aliphatic carbocycles. The van der Waals surface area contributed by atoms with E-state index < -0.39 is 0 Å². The van der Waals surface area contributed by atoms with Crippen LogP contribution in [0.4, 0.5) is 0 Å². The summed E-state index contributed by atoms with van der Waals surface area (Å²) >= 11 is 0. The molecule has 2 N–H and O–H groups in total. The predicted octanol–water partition coefficient (Wildman–Crippen LogP) is 0.836. The lowest BCUT2D eigenvalue weighted by atomic mass is 10.1. The van der Waals surface area contributed by atoms with Crippen LogP contribution in [-0.4, -0.2) is 31.3 Å². The normalized spacial score (nSPS) is 35.7. The molecule has 1 unspecified atom stereocenters. The first-order valence-electron chi connectivity index (χ1n) is 5.79. The minimum atomic E-state index is -0.0848. The number of carbonyl (C=O) groups is 1. The van der Waals surface area contributed by atoms with Crippen molar-refractivity contribution in [2.45, 2.75) is 44.2 Å². The molecule has 1 saturated carbocycles. The van der Waals surface area contributed by atoms with E-state index in [1.807, 2.05) is 0 Å². The fourth-order valence-corrected chi connectivity index (χ4v) is 2.30. The average molecular weight is 213 g/mol. The fraction of sp³-hybridized carbons (Fsp3) is 0.909. The lowest BCUT2D eigenvalue weighted by Gasteiger charge is -2.13. The second-order valence-corrected chi connectivity index (χ2v) is 4.54. The van der Waals surface area contributed by atoms with Crippen molar-refractivity contribution < 1.29 is 14.3 Å². The number of hydrogen-bond donors (Lipinski definition) is 1. The molecule has 3 atom stereocenters. The van der Waals surface area contributed by atoms with Gasteiger partial charge in [-0.05, 0) is 32.1 Å². The van der Waals surface area contributed by atoms with Gasteiger partial charge in [-0.15, -0.1) is 0 Å². The van der Waals surface area contributed by atoms with Gasteiger partial charge in [0.1, 0.15) is 6.61 Å². The molecule has 2 aliphatic rings. The summed E-state index contributed by atoms with van der Waals surface area (Å²) in [6, 6.07) is 0.185. The van der Waals surface area contributed by atoms with Gasteiger partial charge in [0.05, 0.1) is 12.0 Å². The van der Waals surface area contributed by atoms with E-state index in [0.29, 0.717) is 6.61 Å². The summed E-state index contributed by atoms with van der Waals surface area (Å²) in [5.41, 5.74) is 5.75. The topological polar surface area (TPSA) is 61.6 Å². The van der Waals surface area contributed by atoms with Crippen molar-refractivity contribution in [1.29, 1.82) is 0 Å². The lowest BCUT2D eigenvalue weighted by Crippen LogP contribution is -2.23. The molecule has 4 nitrogen and oxygen atoms in total. The highest BCUT2D eigenvalue weighted by Gasteiger charge is 2.29. The Morgan fingerprint density at radius 3 is 2.87 bits per heavy atom. The van der Waals surface area contributed by atoms with Crippen LogP contribution in [0.3, 0.4) is 0 Å². The number of rotatable bonds is 3. The first kappa shape index (κ1) is 10.9. The van der Waals surface area contributed by atoms with Crippen LogP contribution in [0, 0.1) is 5.92 Å². The molecule has 0 aromatic heterocycles. The molecule has 0 amide bonds. The standard InChI is InChI=1S/C11H19NO3/c12-9-4-3-8(6-9)11(13)15-7-10-2-1-5-14-10/h8-10H,1-7,12H2/t8-,9+,10?/m1/s1. The Morgan fingerprint density at radius 2 is 2.27 bits per heavy atom. The van der Waals surface area contributed by atoms with Crippen molar-refractivity contribution in [3.8, 4) is 0 Å². The summed E-state index contributed by atoms with van der Waals surface area (Å²) in [5.74, 6) is -0.0557. The lowest BCUT2D eigenvalue weighted by molar-refractivity contribution is -0.151. The number of ether oxygens (including phenoxy) is 2. The van der Waals surface area contributed by atoms with Gasteiger partial charge in [0.2, 0.25) is 0 Å². The van der Waals surface area contributed by atoms with Gasteiger partial charge in [0, 0.05) is 12.6 Å². The third-order valence-corrected chi connectivity index (χ3v) is 3.24. The third-order valence-electron chi connectivity index (χ3n) is 3.24. The van der Waals surface area contributed by atoms with Gasteiger partial charge in [-0.2, -0.15) is 0 Å². The Kier molecular flexibility index (Phi) is 3.59. The van der Waals surface area contributed by atoms with Crippen molar-refractivity contribution in [1.82, 2.24) is 0 Å². The van der Waals surface area contributed by atoms with Crippen LogP contribution >= 0.6 is 0 Å². The molecule has 86 valence electrons. The first-order valence-corrected chi connectivity index (χ1v) is 5.79. The SMILES string of the molecule is N[C@H]1CC[C@@H](C(=O)OCC2CCCO2)C1. The molecule has 0 aromatic rings. The fourth-order valence-electron chi connectivity index (χ4n) is 2.30. The van der Waals surface area contributed by atoms with Gasteiger partial charge in [0.15, 0.2) is 0 Å². The predicted molar refractivity (Wildman–Crippen MR) is 55.2 cm³/mol. The Morgan fingerprint density at radius 1 is 1.40 bits per heavy atom. The molecule has 0 aromatic carbocycles. The van der Waals surface area contributed by atoms with E-state index in [0.717, 1.165) is 38.7 Å². The van der Waals surface area contributed by atoms with Gasteiger partial charge in [-0.1, -0.05) is 0 Å². The minimum Gasteiger partial charge on any atom is -0.463 e. The molecular weight excluding hydrogens is 194 g/mol. The molecule has 2 fully saturated rings. The number of nitrogens with two attached hydrogens (primary N) is 1. The van der Waals surface area contributed by atoms with E-state index in [9.17, 15) is 4.79 Å². The van der Waals surface area contributed by atoms with E-state index in [2.05, 4.69) is 0 Å². The van der Waals surface area contributed by atoms with E-state index in [-0.39, 0.29) is 24.0 Å². The molecule has 0 radical (unpaired) electrons. The second-order valence-electron chi connectivity index (χ2n) is 4.54. The zero-order valence-electron chi connectivity index (χ0n) is 8.98. The summed E-state index contributed by atoms with van der Waals surface area (Å²) in [5, 5.41) is 0. The van der Waals surface area contributed by atoms with E-state index in [4.69, 9.17) is 15.2 Å². The van der Waals surface area contributed by atoms with Gasteiger partial charge in [-0.25, -0.2) is 0 Å². The Bertz CT molecular complexity index is 226. The number of esters is 1. The molecule has 0 bridgehead atoms. The van der Waals surface area contributed by atoms with Crippen molar-refractivity contribution in [3.63, 3.8) is 0 Å². The van der Waals surface area contributed by atoms with Crippen LogP contribution in [-0.2, 0) is 14.3 Å². The van der Waals surface area contributed by atoms with Crippen LogP contribution in [0.2, 0.25) is 0 Å². The van der Waals surface area contributed by atoms with Gasteiger partial charge in [-0.3, -0.25) is 4.79 Å². The molecule has 15 heavy (non-hydrogen) atoms. The van der Waals surface area contributed by atoms with Gasteiger partial charge >= 0.3 is 5.97 Å². The Hall–Kier alpha value is -0.610. The van der Waals surface area contributed by atoms with Gasteiger partial charge < -0.3 is 15.2 Å². The largest absolute Gasteiger partial charge is 0.463 e. The van der Waals surface area contributed by atoms with Crippen LogP contribution < -0.4 is 5.73 Å². The number of carbonyl (C=O) groups excluding carboxylic acids is 1. The van der Waals surface area contributed by atoms with Crippen LogP contribution in [0.25, 0.3) is 0 Å².